The summed E-state index contributed by atoms with van der Waals surface area (Å²) in [5.74, 6) is 0. The van der Waals surface area contributed by atoms with Crippen molar-refractivity contribution in [2.45, 2.75) is 13.3 Å². The third-order valence-electron chi connectivity index (χ3n) is 1.13. The minimum Gasteiger partial charge on any atom is -0.209 e. The number of halogens is 2. The van der Waals surface area contributed by atoms with E-state index in [1.807, 2.05) is 0 Å². The summed E-state index contributed by atoms with van der Waals surface area (Å²) >= 11 is 0. The average Bonchev–Trinajstić information content (AvgIpc) is 1.85. The highest BCUT2D eigenvalue weighted by Crippen LogP contribution is 1.99. The van der Waals surface area contributed by atoms with Crippen LogP contribution in [-0.2, 0) is 10.2 Å². The molecule has 0 atom stereocenters. The monoisotopic (exact) mass is 202 g/mol. The molecule has 0 saturated heterocycles. The predicted molar refractivity (Wildman–Crippen MR) is 41.2 cm³/mol. The van der Waals surface area contributed by atoms with Crippen LogP contribution in [0.5, 0.6) is 0 Å². The molecule has 74 valence electrons. The van der Waals surface area contributed by atoms with Crippen LogP contribution in [0.15, 0.2) is 0 Å². The number of alkyl halides is 2. The van der Waals surface area contributed by atoms with Gasteiger partial charge in [0.25, 0.3) is 16.6 Å². The molecule has 0 rings (SSSR count). The Hall–Kier alpha value is -0.270. The molecule has 0 aromatic rings. The molecule has 0 saturated carbocycles. The van der Waals surface area contributed by atoms with Gasteiger partial charge < -0.3 is 0 Å². The average molecular weight is 202 g/mol. The number of nitrogens with one attached hydrogen (secondary N) is 1. The zero-order chi connectivity index (χ0) is 9.78. The van der Waals surface area contributed by atoms with Gasteiger partial charge in [0.2, 0.25) is 0 Å². The zero-order valence-corrected chi connectivity index (χ0v) is 7.74. The van der Waals surface area contributed by atoms with Gasteiger partial charge >= 0.3 is 0 Å². The van der Waals surface area contributed by atoms with Gasteiger partial charge in [-0.1, -0.05) is 6.92 Å². The molecule has 0 aliphatic carbocycles. The molecule has 0 fully saturated rings. The summed E-state index contributed by atoms with van der Waals surface area (Å²) in [6.07, 6.45) is -2.65. The summed E-state index contributed by atoms with van der Waals surface area (Å²) in [7, 11) is -2.60. The standard InChI is InChI=1S/C5H12F2N2O2S/c1-3-8-12(10,11)9(2)4-5(6)7/h5,8H,3-4H2,1-2H3. The second-order valence-electron chi connectivity index (χ2n) is 2.17. The van der Waals surface area contributed by atoms with Gasteiger partial charge in [0.1, 0.15) is 0 Å². The second kappa shape index (κ2) is 4.68. The number of hydrogen-bond donors (Lipinski definition) is 1. The van der Waals surface area contributed by atoms with Crippen LogP contribution in [0.1, 0.15) is 6.92 Å². The Morgan fingerprint density at radius 2 is 2.00 bits per heavy atom. The smallest absolute Gasteiger partial charge is 0.209 e. The Labute approximate surface area is 70.7 Å². The first-order valence-electron chi connectivity index (χ1n) is 3.39. The lowest BCUT2D eigenvalue weighted by Crippen LogP contribution is -2.40. The lowest BCUT2D eigenvalue weighted by atomic mass is 10.7. The van der Waals surface area contributed by atoms with E-state index in [9.17, 15) is 17.2 Å². The maximum Gasteiger partial charge on any atom is 0.279 e. The van der Waals surface area contributed by atoms with E-state index in [2.05, 4.69) is 4.72 Å². The zero-order valence-electron chi connectivity index (χ0n) is 6.92. The maximum absolute atomic E-state index is 11.7. The highest BCUT2D eigenvalue weighted by molar-refractivity contribution is 7.87. The molecule has 7 heteroatoms. The number of hydrogen-bond acceptors (Lipinski definition) is 2. The van der Waals surface area contributed by atoms with Crippen molar-refractivity contribution in [3.8, 4) is 0 Å². The molecule has 1 N–H and O–H groups in total. The topological polar surface area (TPSA) is 49.4 Å². The van der Waals surface area contributed by atoms with Crippen molar-refractivity contribution in [1.29, 1.82) is 0 Å². The molecule has 0 bridgehead atoms. The second-order valence-corrected chi connectivity index (χ2v) is 4.04. The highest BCUT2D eigenvalue weighted by atomic mass is 32.2. The molecule has 0 radical (unpaired) electrons. The van der Waals surface area contributed by atoms with Crippen molar-refractivity contribution < 1.29 is 17.2 Å². The largest absolute Gasteiger partial charge is 0.279 e. The van der Waals surface area contributed by atoms with Gasteiger partial charge in [-0.25, -0.2) is 13.5 Å². The summed E-state index contributed by atoms with van der Waals surface area (Å²) in [5.41, 5.74) is 0. The fourth-order valence-electron chi connectivity index (χ4n) is 0.585. The normalized spacial score (nSPS) is 12.8. The van der Waals surface area contributed by atoms with Gasteiger partial charge in [-0.2, -0.15) is 12.7 Å². The summed E-state index contributed by atoms with van der Waals surface area (Å²) in [4.78, 5) is 0. The van der Waals surface area contributed by atoms with Gasteiger partial charge in [0, 0.05) is 13.6 Å². The quantitative estimate of drug-likeness (QED) is 0.684. The third-order valence-corrected chi connectivity index (χ3v) is 2.76. The van der Waals surface area contributed by atoms with E-state index in [-0.39, 0.29) is 6.54 Å². The lowest BCUT2D eigenvalue weighted by Gasteiger charge is -2.15. The van der Waals surface area contributed by atoms with Crippen molar-refractivity contribution in [1.82, 2.24) is 9.03 Å². The molecule has 0 unspecified atom stereocenters. The molecule has 0 aromatic carbocycles. The van der Waals surface area contributed by atoms with Crippen LogP contribution >= 0.6 is 0 Å². The molecule has 4 nitrogen and oxygen atoms in total. The van der Waals surface area contributed by atoms with E-state index >= 15 is 0 Å². The van der Waals surface area contributed by atoms with Gasteiger partial charge in [0.15, 0.2) is 0 Å². The summed E-state index contributed by atoms with van der Waals surface area (Å²) in [5, 5.41) is 0. The first kappa shape index (κ1) is 11.7. The Kier molecular flexibility index (Phi) is 4.58. The Morgan fingerprint density at radius 3 is 2.33 bits per heavy atom. The summed E-state index contributed by atoms with van der Waals surface area (Å²) < 4.78 is 48.0. The van der Waals surface area contributed by atoms with Crippen molar-refractivity contribution in [3.63, 3.8) is 0 Å². The fourth-order valence-corrected chi connectivity index (χ4v) is 1.48. The molecular weight excluding hydrogens is 190 g/mol. The highest BCUT2D eigenvalue weighted by Gasteiger charge is 2.19. The Balaban J connectivity index is 4.16. The molecule has 0 aliphatic rings. The van der Waals surface area contributed by atoms with Gasteiger partial charge in [-0.3, -0.25) is 0 Å². The van der Waals surface area contributed by atoms with Crippen LogP contribution in [-0.4, -0.2) is 39.3 Å². The first-order valence-corrected chi connectivity index (χ1v) is 4.83. The molecule has 0 aromatic heterocycles. The van der Waals surface area contributed by atoms with E-state index in [1.54, 1.807) is 6.92 Å². The minimum atomic E-state index is -3.70. The van der Waals surface area contributed by atoms with E-state index in [1.165, 1.54) is 0 Å². The van der Waals surface area contributed by atoms with E-state index < -0.39 is 23.2 Å². The van der Waals surface area contributed by atoms with E-state index in [0.717, 1.165) is 7.05 Å². The SMILES string of the molecule is CCNS(=O)(=O)N(C)CC(F)F. The molecule has 12 heavy (non-hydrogen) atoms. The molecule has 0 aliphatic heterocycles. The third kappa shape index (κ3) is 3.93. The lowest BCUT2D eigenvalue weighted by molar-refractivity contribution is 0.126. The van der Waals surface area contributed by atoms with Crippen LogP contribution in [0.25, 0.3) is 0 Å². The van der Waals surface area contributed by atoms with Gasteiger partial charge in [-0.05, 0) is 0 Å². The van der Waals surface area contributed by atoms with Crippen LogP contribution in [0.3, 0.4) is 0 Å². The molecule has 0 amide bonds. The summed E-state index contributed by atoms with van der Waals surface area (Å²) in [6, 6.07) is 0. The van der Waals surface area contributed by atoms with Crippen LogP contribution < -0.4 is 4.72 Å². The van der Waals surface area contributed by atoms with Crippen molar-refractivity contribution in [3.05, 3.63) is 0 Å². The fraction of sp³-hybridized carbons (Fsp3) is 1.00. The van der Waals surface area contributed by atoms with Crippen molar-refractivity contribution in [2.24, 2.45) is 0 Å². The number of rotatable bonds is 5. The number of nitrogens with zero attached hydrogens (tertiary/aromatic N) is 1. The maximum atomic E-state index is 11.7. The minimum absolute atomic E-state index is 0.190. The van der Waals surface area contributed by atoms with Crippen LogP contribution in [0.2, 0.25) is 0 Å². The first-order chi connectivity index (χ1) is 5.40. The van der Waals surface area contributed by atoms with Crippen molar-refractivity contribution in [2.75, 3.05) is 20.1 Å². The molecular formula is C5H12F2N2O2S. The molecule has 0 heterocycles. The van der Waals surface area contributed by atoms with Crippen molar-refractivity contribution >= 4 is 10.2 Å². The summed E-state index contributed by atoms with van der Waals surface area (Å²) in [6.45, 7) is 0.985. The Morgan fingerprint density at radius 1 is 1.50 bits per heavy atom. The van der Waals surface area contributed by atoms with Crippen LogP contribution in [0.4, 0.5) is 8.78 Å². The molecule has 0 spiro atoms. The van der Waals surface area contributed by atoms with Crippen LogP contribution in [0, 0.1) is 0 Å². The predicted octanol–water partition coefficient (Wildman–Crippen LogP) is 0.0376. The Bertz CT molecular complexity index is 217. The van der Waals surface area contributed by atoms with E-state index in [4.69, 9.17) is 0 Å². The van der Waals surface area contributed by atoms with E-state index in [0.29, 0.717) is 4.31 Å². The van der Waals surface area contributed by atoms with Gasteiger partial charge in [0.05, 0.1) is 6.54 Å². The van der Waals surface area contributed by atoms with Gasteiger partial charge in [-0.15, -0.1) is 0 Å².